The molecule has 2 aromatic heterocycles. The molecule has 0 aliphatic heterocycles. The highest BCUT2D eigenvalue weighted by atomic mass is 16.5. The summed E-state index contributed by atoms with van der Waals surface area (Å²) in [5, 5.41) is 3.11. The molecule has 0 aliphatic rings. The summed E-state index contributed by atoms with van der Waals surface area (Å²) < 4.78 is 7.26. The summed E-state index contributed by atoms with van der Waals surface area (Å²) in [6, 6.07) is 13.8. The molecule has 0 bridgehead atoms. The van der Waals surface area contributed by atoms with E-state index in [9.17, 15) is 4.79 Å². The molecule has 0 saturated heterocycles. The second-order valence-corrected chi connectivity index (χ2v) is 5.72. The molecular weight excluding hydrogens is 288 g/mol. The molecule has 0 radical (unpaired) electrons. The van der Waals surface area contributed by atoms with Crippen LogP contribution in [0, 0.1) is 0 Å². The van der Waals surface area contributed by atoms with E-state index in [1.165, 1.54) is 0 Å². The number of nitrogens with zero attached hydrogens (tertiary/aromatic N) is 2. The van der Waals surface area contributed by atoms with Crippen LogP contribution in [-0.4, -0.2) is 16.7 Å². The normalized spacial score (nSPS) is 11.6. The minimum absolute atomic E-state index is 0.0306. The van der Waals surface area contributed by atoms with Crippen LogP contribution in [0.4, 0.5) is 0 Å². The van der Waals surface area contributed by atoms with Crippen LogP contribution in [0.5, 0.6) is 0 Å². The van der Waals surface area contributed by atoms with Gasteiger partial charge in [-0.05, 0) is 36.4 Å². The van der Waals surface area contributed by atoms with Gasteiger partial charge in [-0.1, -0.05) is 6.07 Å². The van der Waals surface area contributed by atoms with E-state index in [0.717, 1.165) is 32.7 Å². The number of benzene rings is 2. The van der Waals surface area contributed by atoms with Gasteiger partial charge in [0, 0.05) is 42.0 Å². The van der Waals surface area contributed by atoms with Gasteiger partial charge in [0.1, 0.15) is 0 Å². The predicted octanol–water partition coefficient (Wildman–Crippen LogP) is 3.39. The minimum atomic E-state index is -0.0306. The summed E-state index contributed by atoms with van der Waals surface area (Å²) in [7, 11) is 3.61. The molecule has 4 nitrogen and oxygen atoms in total. The lowest BCUT2D eigenvalue weighted by Gasteiger charge is -2.10. The van der Waals surface area contributed by atoms with Crippen molar-refractivity contribution in [3.8, 4) is 0 Å². The monoisotopic (exact) mass is 304 g/mol. The van der Waals surface area contributed by atoms with E-state index in [1.54, 1.807) is 13.2 Å². The van der Waals surface area contributed by atoms with Crippen LogP contribution in [0.3, 0.4) is 0 Å². The quantitative estimate of drug-likeness (QED) is 0.421. The van der Waals surface area contributed by atoms with Crippen molar-refractivity contribution in [3.05, 3.63) is 64.4 Å². The van der Waals surface area contributed by atoms with Gasteiger partial charge in [-0.2, -0.15) is 0 Å². The SMILES string of the molecule is COCc1c(=O)ccc2cc3ccc4c(cccn4C)c3nc12. The minimum Gasteiger partial charge on any atom is -0.380 e. The van der Waals surface area contributed by atoms with Crippen LogP contribution in [0.25, 0.3) is 32.7 Å². The average Bonchev–Trinajstić information content (AvgIpc) is 2.56. The number of fused-ring (bicyclic) bond motifs is 4. The van der Waals surface area contributed by atoms with Gasteiger partial charge in [0.15, 0.2) is 5.43 Å². The molecule has 0 aliphatic carbocycles. The lowest BCUT2D eigenvalue weighted by Crippen LogP contribution is -2.09. The highest BCUT2D eigenvalue weighted by molar-refractivity contribution is 6.07. The highest BCUT2D eigenvalue weighted by Crippen LogP contribution is 2.27. The standard InChI is InChI=1S/C19H16N2O2/c1-21-9-3-4-14-16(21)7-5-12-10-13-6-8-17(22)15(11-23-2)19(13)20-18(12)14/h3-10H,11H2,1-2H3. The van der Waals surface area contributed by atoms with E-state index in [1.807, 2.05) is 25.4 Å². The molecule has 0 saturated carbocycles. The maximum absolute atomic E-state index is 12.2. The smallest absolute Gasteiger partial charge is 0.186 e. The number of methoxy groups -OCH3 is 1. The summed E-state index contributed by atoms with van der Waals surface area (Å²) in [6.07, 6.45) is 2.02. The maximum atomic E-state index is 12.2. The fraction of sp³-hybridized carbons (Fsp3) is 0.158. The Morgan fingerprint density at radius 1 is 1.09 bits per heavy atom. The first-order valence-corrected chi connectivity index (χ1v) is 7.48. The first-order chi connectivity index (χ1) is 11.2. The van der Waals surface area contributed by atoms with Gasteiger partial charge < -0.3 is 9.30 Å². The van der Waals surface area contributed by atoms with Crippen LogP contribution in [0.15, 0.2) is 53.5 Å². The molecule has 4 rings (SSSR count). The molecule has 0 fully saturated rings. The lowest BCUT2D eigenvalue weighted by atomic mass is 10.0. The van der Waals surface area contributed by atoms with Crippen molar-refractivity contribution in [2.75, 3.05) is 7.11 Å². The Bertz CT molecular complexity index is 1110. The number of hydrogen-bond acceptors (Lipinski definition) is 3. The Hall–Kier alpha value is -2.72. The number of aromatic nitrogens is 2. The lowest BCUT2D eigenvalue weighted by molar-refractivity contribution is 0.185. The number of aryl methyl sites for hydroxylation is 1. The summed E-state index contributed by atoms with van der Waals surface area (Å²) >= 11 is 0. The molecule has 2 aromatic carbocycles. The molecule has 0 N–H and O–H groups in total. The Kier molecular flexibility index (Phi) is 3.13. The van der Waals surface area contributed by atoms with Crippen molar-refractivity contribution in [2.24, 2.45) is 7.05 Å². The van der Waals surface area contributed by atoms with Gasteiger partial charge in [0.2, 0.25) is 0 Å². The molecule has 2 heterocycles. The molecule has 0 unspecified atom stereocenters. The van der Waals surface area contributed by atoms with Crippen LogP contribution in [-0.2, 0) is 18.4 Å². The molecule has 0 spiro atoms. The Morgan fingerprint density at radius 2 is 1.87 bits per heavy atom. The summed E-state index contributed by atoms with van der Waals surface area (Å²) in [4.78, 5) is 17.0. The van der Waals surface area contributed by atoms with Crippen LogP contribution in [0.2, 0.25) is 0 Å². The van der Waals surface area contributed by atoms with E-state index >= 15 is 0 Å². The van der Waals surface area contributed by atoms with E-state index in [-0.39, 0.29) is 12.0 Å². The zero-order chi connectivity index (χ0) is 16.0. The predicted molar refractivity (Wildman–Crippen MR) is 92.7 cm³/mol. The first-order valence-electron chi connectivity index (χ1n) is 7.48. The zero-order valence-corrected chi connectivity index (χ0v) is 13.0. The largest absolute Gasteiger partial charge is 0.380 e. The zero-order valence-electron chi connectivity index (χ0n) is 13.0. The fourth-order valence-electron chi connectivity index (χ4n) is 3.12. The summed E-state index contributed by atoms with van der Waals surface area (Å²) in [5.41, 5.74) is 3.33. The van der Waals surface area contributed by atoms with Gasteiger partial charge in [-0.25, -0.2) is 4.98 Å². The second kappa shape index (κ2) is 5.18. The van der Waals surface area contributed by atoms with Gasteiger partial charge in [-0.3, -0.25) is 4.79 Å². The third-order valence-electron chi connectivity index (χ3n) is 4.27. The molecular formula is C19H16N2O2. The van der Waals surface area contributed by atoms with Crippen LogP contribution in [0.1, 0.15) is 5.56 Å². The number of pyridine rings is 2. The third kappa shape index (κ3) is 2.11. The molecule has 0 atom stereocenters. The molecule has 23 heavy (non-hydrogen) atoms. The van der Waals surface area contributed by atoms with E-state index in [2.05, 4.69) is 28.8 Å². The Labute approximate surface area is 132 Å². The van der Waals surface area contributed by atoms with Crippen LogP contribution < -0.4 is 5.43 Å². The van der Waals surface area contributed by atoms with Gasteiger partial charge >= 0.3 is 0 Å². The summed E-state index contributed by atoms with van der Waals surface area (Å²) in [6.45, 7) is 0.271. The average molecular weight is 304 g/mol. The fourth-order valence-corrected chi connectivity index (χ4v) is 3.12. The van der Waals surface area contributed by atoms with Crippen molar-refractivity contribution < 1.29 is 4.74 Å². The van der Waals surface area contributed by atoms with Crippen molar-refractivity contribution >= 4 is 32.7 Å². The number of hydrogen-bond donors (Lipinski definition) is 0. The first kappa shape index (κ1) is 13.9. The van der Waals surface area contributed by atoms with Gasteiger partial charge in [0.25, 0.3) is 0 Å². The van der Waals surface area contributed by atoms with Crippen LogP contribution >= 0.6 is 0 Å². The summed E-state index contributed by atoms with van der Waals surface area (Å²) in [5.74, 6) is 0. The van der Waals surface area contributed by atoms with Crippen molar-refractivity contribution in [3.63, 3.8) is 0 Å². The Morgan fingerprint density at radius 3 is 2.70 bits per heavy atom. The number of rotatable bonds is 2. The topological polar surface area (TPSA) is 44.1 Å². The van der Waals surface area contributed by atoms with Crippen molar-refractivity contribution in [2.45, 2.75) is 6.61 Å². The Balaban J connectivity index is 2.19. The molecule has 4 aromatic rings. The number of ether oxygens (including phenoxy) is 1. The van der Waals surface area contributed by atoms with E-state index in [4.69, 9.17) is 9.72 Å². The van der Waals surface area contributed by atoms with E-state index < -0.39 is 0 Å². The van der Waals surface area contributed by atoms with Gasteiger partial charge in [-0.15, -0.1) is 0 Å². The van der Waals surface area contributed by atoms with Gasteiger partial charge in [0.05, 0.1) is 23.2 Å². The maximum Gasteiger partial charge on any atom is 0.186 e. The molecule has 114 valence electrons. The third-order valence-corrected chi connectivity index (χ3v) is 4.27. The molecule has 4 heteroatoms. The molecule has 0 amide bonds. The highest BCUT2D eigenvalue weighted by Gasteiger charge is 2.10. The second-order valence-electron chi connectivity index (χ2n) is 5.72. The van der Waals surface area contributed by atoms with E-state index in [0.29, 0.717) is 5.56 Å². The van der Waals surface area contributed by atoms with Crippen molar-refractivity contribution in [1.82, 2.24) is 9.55 Å². The van der Waals surface area contributed by atoms with Crippen molar-refractivity contribution in [1.29, 1.82) is 0 Å².